The van der Waals surface area contributed by atoms with Crippen LogP contribution in [0.1, 0.15) is 15.3 Å². The number of carbonyl (C=O) groups excluding carboxylic acids is 1. The molecule has 0 aromatic heterocycles. The molecule has 0 fully saturated rings. The smallest absolute Gasteiger partial charge is 0.343 e. The van der Waals surface area contributed by atoms with Gasteiger partial charge in [0.1, 0.15) is 17.1 Å². The summed E-state index contributed by atoms with van der Waals surface area (Å²) in [6.45, 7) is 3.29. The second-order valence-corrected chi connectivity index (χ2v) is 4.20. The van der Waals surface area contributed by atoms with Crippen molar-refractivity contribution in [2.45, 2.75) is 13.8 Å². The van der Waals surface area contributed by atoms with Gasteiger partial charge in [-0.05, 0) is 26.0 Å². The van der Waals surface area contributed by atoms with Crippen molar-refractivity contribution in [1.82, 2.24) is 0 Å². The summed E-state index contributed by atoms with van der Waals surface area (Å²) < 4.78 is 9.89. The van der Waals surface area contributed by atoms with Crippen molar-refractivity contribution in [2.75, 3.05) is 13.7 Å². The predicted octanol–water partition coefficient (Wildman–Crippen LogP) is 3.69. The summed E-state index contributed by atoms with van der Waals surface area (Å²) in [4.78, 5) is 15.7. The van der Waals surface area contributed by atoms with Crippen LogP contribution in [0.5, 0.6) is 5.75 Å². The number of esters is 1. The first kappa shape index (κ1) is 16.0. The van der Waals surface area contributed by atoms with Crippen molar-refractivity contribution in [3.05, 3.63) is 34.6 Å². The number of hydrogen-bond donors (Lipinski definition) is 1. The molecule has 0 atom stereocenters. The molecule has 0 unspecified atom stereocenters. The fraction of sp³-hybridized carbons (Fsp3) is 0.286. The highest BCUT2D eigenvalue weighted by molar-refractivity contribution is 6.32. The van der Waals surface area contributed by atoms with Gasteiger partial charge < -0.3 is 14.6 Å². The van der Waals surface area contributed by atoms with E-state index in [1.54, 1.807) is 25.1 Å². The summed E-state index contributed by atoms with van der Waals surface area (Å²) in [5.74, 6) is -0.311. The zero-order chi connectivity index (χ0) is 15.1. The fourth-order valence-corrected chi connectivity index (χ4v) is 1.57. The lowest BCUT2D eigenvalue weighted by Gasteiger charge is -2.05. The van der Waals surface area contributed by atoms with Crippen LogP contribution in [-0.2, 0) is 9.53 Å². The molecule has 0 amide bonds. The average molecular weight is 300 g/mol. The third-order valence-corrected chi connectivity index (χ3v) is 2.67. The molecule has 20 heavy (non-hydrogen) atoms. The SMILES string of the molecule is CCOC(=O)C(C=Nc1ccc(Cl)c(OC)c1)=C(C)O.[HH]. The van der Waals surface area contributed by atoms with Gasteiger partial charge in [-0.25, -0.2) is 4.79 Å². The molecule has 0 saturated carbocycles. The lowest BCUT2D eigenvalue weighted by Crippen LogP contribution is -2.10. The quantitative estimate of drug-likeness (QED) is 0.390. The van der Waals surface area contributed by atoms with Crippen LogP contribution in [0.15, 0.2) is 34.5 Å². The Morgan fingerprint density at radius 3 is 2.80 bits per heavy atom. The second kappa shape index (κ2) is 7.55. The van der Waals surface area contributed by atoms with Crippen LogP contribution in [0.25, 0.3) is 0 Å². The van der Waals surface area contributed by atoms with Gasteiger partial charge in [-0.3, -0.25) is 4.99 Å². The number of carbonyl (C=O) groups is 1. The summed E-state index contributed by atoms with van der Waals surface area (Å²) in [5, 5.41) is 9.94. The molecular formula is C14H18ClNO4. The summed E-state index contributed by atoms with van der Waals surface area (Å²) in [6, 6.07) is 4.91. The van der Waals surface area contributed by atoms with Crippen LogP contribution in [-0.4, -0.2) is 31.0 Å². The minimum Gasteiger partial charge on any atom is -0.512 e. The van der Waals surface area contributed by atoms with Crippen molar-refractivity contribution >= 4 is 29.5 Å². The molecule has 0 spiro atoms. The van der Waals surface area contributed by atoms with E-state index >= 15 is 0 Å². The van der Waals surface area contributed by atoms with Crippen LogP contribution in [0.2, 0.25) is 5.02 Å². The highest BCUT2D eigenvalue weighted by Crippen LogP contribution is 2.28. The lowest BCUT2D eigenvalue weighted by atomic mass is 10.2. The van der Waals surface area contributed by atoms with Gasteiger partial charge in [0.2, 0.25) is 0 Å². The molecule has 0 aliphatic heterocycles. The third kappa shape index (κ3) is 4.28. The van der Waals surface area contributed by atoms with Gasteiger partial charge in [-0.2, -0.15) is 0 Å². The predicted molar refractivity (Wildman–Crippen MR) is 80.2 cm³/mol. The molecule has 6 heteroatoms. The number of rotatable bonds is 5. The van der Waals surface area contributed by atoms with Crippen molar-refractivity contribution in [1.29, 1.82) is 0 Å². The van der Waals surface area contributed by atoms with Gasteiger partial charge in [0.25, 0.3) is 0 Å². The summed E-state index contributed by atoms with van der Waals surface area (Å²) in [7, 11) is 1.50. The van der Waals surface area contributed by atoms with Gasteiger partial charge in [-0.15, -0.1) is 0 Å². The Hall–Kier alpha value is -2.01. The molecule has 110 valence electrons. The number of nitrogens with zero attached hydrogens (tertiary/aromatic N) is 1. The number of allylic oxidation sites excluding steroid dienone is 1. The number of ether oxygens (including phenoxy) is 2. The second-order valence-electron chi connectivity index (χ2n) is 3.80. The van der Waals surface area contributed by atoms with E-state index in [0.717, 1.165) is 0 Å². The highest BCUT2D eigenvalue weighted by atomic mass is 35.5. The first-order valence-corrected chi connectivity index (χ1v) is 6.32. The normalized spacial score (nSPS) is 12.2. The Morgan fingerprint density at radius 1 is 1.55 bits per heavy atom. The van der Waals surface area contributed by atoms with E-state index < -0.39 is 5.97 Å². The summed E-state index contributed by atoms with van der Waals surface area (Å²) in [6.07, 6.45) is 1.25. The molecular weight excluding hydrogens is 282 g/mol. The Balaban J connectivity index is 0.00000400. The number of halogens is 1. The summed E-state index contributed by atoms with van der Waals surface area (Å²) >= 11 is 5.90. The van der Waals surface area contributed by atoms with Crippen molar-refractivity contribution in [3.8, 4) is 5.75 Å². The maximum Gasteiger partial charge on any atom is 0.343 e. The van der Waals surface area contributed by atoms with E-state index in [1.807, 2.05) is 0 Å². The third-order valence-electron chi connectivity index (χ3n) is 2.36. The molecule has 1 N–H and O–H groups in total. The van der Waals surface area contributed by atoms with Crippen LogP contribution in [0.3, 0.4) is 0 Å². The molecule has 0 aliphatic carbocycles. The molecule has 1 aromatic carbocycles. The number of aliphatic hydroxyl groups is 1. The number of benzene rings is 1. The van der Waals surface area contributed by atoms with Crippen molar-refractivity contribution < 1.29 is 20.8 Å². The Kier molecular flexibility index (Phi) is 6.06. The van der Waals surface area contributed by atoms with E-state index in [4.69, 9.17) is 21.1 Å². The molecule has 5 nitrogen and oxygen atoms in total. The topological polar surface area (TPSA) is 68.1 Å². The van der Waals surface area contributed by atoms with Gasteiger partial charge in [-0.1, -0.05) is 11.6 Å². The molecule has 0 bridgehead atoms. The maximum atomic E-state index is 11.6. The van der Waals surface area contributed by atoms with Gasteiger partial charge in [0.15, 0.2) is 0 Å². The lowest BCUT2D eigenvalue weighted by molar-refractivity contribution is -0.138. The van der Waals surface area contributed by atoms with Gasteiger partial charge in [0.05, 0.1) is 24.4 Å². The zero-order valence-electron chi connectivity index (χ0n) is 11.5. The monoisotopic (exact) mass is 299 g/mol. The zero-order valence-corrected chi connectivity index (χ0v) is 12.3. The van der Waals surface area contributed by atoms with Crippen LogP contribution >= 0.6 is 11.6 Å². The van der Waals surface area contributed by atoms with Crippen LogP contribution in [0.4, 0.5) is 5.69 Å². The largest absolute Gasteiger partial charge is 0.512 e. The number of hydrogen-bond acceptors (Lipinski definition) is 5. The Labute approximate surface area is 124 Å². The molecule has 1 rings (SSSR count). The van der Waals surface area contributed by atoms with E-state index in [9.17, 15) is 9.90 Å². The molecule has 0 heterocycles. The molecule has 1 aromatic rings. The average Bonchev–Trinajstić information content (AvgIpc) is 2.40. The van der Waals surface area contributed by atoms with E-state index in [1.165, 1.54) is 20.2 Å². The van der Waals surface area contributed by atoms with Gasteiger partial charge >= 0.3 is 5.97 Å². The standard InChI is InChI=1S/C14H16ClNO4.H2/c1-4-20-14(18)11(9(2)17)8-16-10-5-6-12(15)13(7-10)19-3;/h5-8,17H,4H2,1-3H3;1H. The molecule has 0 saturated heterocycles. The first-order chi connectivity index (χ1) is 9.49. The number of aliphatic hydroxyl groups excluding tert-OH is 1. The minimum absolute atomic E-state index is 0. The number of aliphatic imine (C=N–C) groups is 1. The Bertz CT molecular complexity index is 554. The van der Waals surface area contributed by atoms with Crippen LogP contribution in [0, 0.1) is 0 Å². The number of methoxy groups -OCH3 is 1. The minimum atomic E-state index is -0.628. The van der Waals surface area contributed by atoms with Crippen molar-refractivity contribution in [2.24, 2.45) is 4.99 Å². The summed E-state index contributed by atoms with van der Waals surface area (Å²) in [5.41, 5.74) is 0.537. The molecule has 0 radical (unpaired) electrons. The highest BCUT2D eigenvalue weighted by Gasteiger charge is 2.12. The van der Waals surface area contributed by atoms with Crippen LogP contribution < -0.4 is 4.74 Å². The molecule has 0 aliphatic rings. The first-order valence-electron chi connectivity index (χ1n) is 5.94. The Morgan fingerprint density at radius 2 is 2.25 bits per heavy atom. The van der Waals surface area contributed by atoms with Crippen molar-refractivity contribution in [3.63, 3.8) is 0 Å². The van der Waals surface area contributed by atoms with E-state index in [2.05, 4.69) is 4.99 Å². The fourth-order valence-electron chi connectivity index (χ4n) is 1.37. The van der Waals surface area contributed by atoms with E-state index in [0.29, 0.717) is 16.5 Å². The maximum absolute atomic E-state index is 11.6. The van der Waals surface area contributed by atoms with E-state index in [-0.39, 0.29) is 19.4 Å². The van der Waals surface area contributed by atoms with Gasteiger partial charge in [0, 0.05) is 13.7 Å².